The van der Waals surface area contributed by atoms with Crippen LogP contribution < -0.4 is 4.74 Å². The predicted octanol–water partition coefficient (Wildman–Crippen LogP) is -0.797. The average molecular weight is 270 g/mol. The van der Waals surface area contributed by atoms with E-state index >= 15 is 0 Å². The highest BCUT2D eigenvalue weighted by Crippen LogP contribution is 2.26. The van der Waals surface area contributed by atoms with Crippen LogP contribution in [0.15, 0.2) is 24.3 Å². The molecular formula is C12H14O7. The highest BCUT2D eigenvalue weighted by atomic mass is 16.7. The second-order valence-electron chi connectivity index (χ2n) is 4.13. The Balaban J connectivity index is 2.16. The zero-order chi connectivity index (χ0) is 14.0. The summed E-state index contributed by atoms with van der Waals surface area (Å²) in [5, 5.41) is 37.2. The van der Waals surface area contributed by atoms with Crippen LogP contribution in [0.4, 0.5) is 0 Å². The smallest absolute Gasteiger partial charge is 0.339 e. The zero-order valence-corrected chi connectivity index (χ0v) is 9.84. The standard InChI is InChI=1S/C12H14O7/c13-5-8-9(14)10(15)12(19-8)18-7-4-2-1-3-6(7)11(16)17/h1-4,8-10,12-15H,5H2,(H,16,17)/t8-,9-,10-,12?/m1/s1. The van der Waals surface area contributed by atoms with E-state index in [1.54, 1.807) is 6.07 Å². The molecule has 1 aromatic rings. The summed E-state index contributed by atoms with van der Waals surface area (Å²) in [6.45, 7) is -0.474. The van der Waals surface area contributed by atoms with Crippen molar-refractivity contribution < 1.29 is 34.7 Å². The van der Waals surface area contributed by atoms with Gasteiger partial charge < -0.3 is 29.9 Å². The van der Waals surface area contributed by atoms with Gasteiger partial charge in [0.15, 0.2) is 0 Å². The lowest BCUT2D eigenvalue weighted by Gasteiger charge is -2.17. The van der Waals surface area contributed by atoms with E-state index in [1.165, 1.54) is 18.2 Å². The third-order valence-electron chi connectivity index (χ3n) is 2.86. The Hall–Kier alpha value is -1.67. The van der Waals surface area contributed by atoms with Crippen LogP contribution in [0.5, 0.6) is 5.75 Å². The number of carbonyl (C=O) groups is 1. The summed E-state index contributed by atoms with van der Waals surface area (Å²) in [5.41, 5.74) is -0.0831. The van der Waals surface area contributed by atoms with Crippen LogP contribution in [-0.4, -0.2) is 57.6 Å². The van der Waals surface area contributed by atoms with E-state index in [-0.39, 0.29) is 11.3 Å². The van der Waals surface area contributed by atoms with Crippen LogP contribution >= 0.6 is 0 Å². The van der Waals surface area contributed by atoms with Crippen molar-refractivity contribution >= 4 is 5.97 Å². The van der Waals surface area contributed by atoms with Gasteiger partial charge in [-0.15, -0.1) is 0 Å². The number of rotatable bonds is 4. The Kier molecular flexibility index (Phi) is 4.01. The molecule has 19 heavy (non-hydrogen) atoms. The third-order valence-corrected chi connectivity index (χ3v) is 2.86. The van der Waals surface area contributed by atoms with Crippen LogP contribution in [0.25, 0.3) is 0 Å². The number of para-hydroxylation sites is 1. The Morgan fingerprint density at radius 3 is 2.53 bits per heavy atom. The minimum Gasteiger partial charge on any atom is -0.478 e. The molecule has 1 aliphatic rings. The molecule has 1 fully saturated rings. The van der Waals surface area contributed by atoms with Gasteiger partial charge in [0, 0.05) is 0 Å². The quantitative estimate of drug-likeness (QED) is 0.566. The van der Waals surface area contributed by atoms with E-state index in [1.807, 2.05) is 0 Å². The molecule has 0 radical (unpaired) electrons. The molecule has 7 nitrogen and oxygen atoms in total. The molecule has 4 atom stereocenters. The van der Waals surface area contributed by atoms with Gasteiger partial charge in [-0.3, -0.25) is 0 Å². The molecule has 4 N–H and O–H groups in total. The molecular weight excluding hydrogens is 256 g/mol. The van der Waals surface area contributed by atoms with Gasteiger partial charge in [0.05, 0.1) is 6.61 Å². The highest BCUT2D eigenvalue weighted by Gasteiger charge is 2.44. The average Bonchev–Trinajstić information content (AvgIpc) is 2.67. The summed E-state index contributed by atoms with van der Waals surface area (Å²) in [6, 6.07) is 5.87. The van der Waals surface area contributed by atoms with E-state index in [9.17, 15) is 15.0 Å². The number of aliphatic hydroxyl groups excluding tert-OH is 3. The third kappa shape index (κ3) is 2.69. The summed E-state index contributed by atoms with van der Waals surface area (Å²) in [6.07, 6.45) is -4.84. The molecule has 1 unspecified atom stereocenters. The van der Waals surface area contributed by atoms with Crippen molar-refractivity contribution in [2.75, 3.05) is 6.61 Å². The lowest BCUT2D eigenvalue weighted by molar-refractivity contribution is -0.116. The second-order valence-corrected chi connectivity index (χ2v) is 4.13. The van der Waals surface area contributed by atoms with Gasteiger partial charge in [0.2, 0.25) is 6.29 Å². The normalized spacial score (nSPS) is 30.3. The van der Waals surface area contributed by atoms with Crippen molar-refractivity contribution in [3.8, 4) is 5.75 Å². The van der Waals surface area contributed by atoms with Gasteiger partial charge in [0.1, 0.15) is 29.6 Å². The Bertz CT molecular complexity index is 461. The van der Waals surface area contributed by atoms with Crippen molar-refractivity contribution in [2.45, 2.75) is 24.6 Å². The number of aromatic carboxylic acids is 1. The first kappa shape index (κ1) is 13.8. The van der Waals surface area contributed by atoms with Gasteiger partial charge in [-0.2, -0.15) is 0 Å². The number of carboxylic acids is 1. The van der Waals surface area contributed by atoms with Crippen LogP contribution in [-0.2, 0) is 4.74 Å². The number of aliphatic hydroxyl groups is 3. The molecule has 0 aliphatic carbocycles. The van der Waals surface area contributed by atoms with E-state index in [0.717, 1.165) is 0 Å². The summed E-state index contributed by atoms with van der Waals surface area (Å²) in [4.78, 5) is 11.0. The Morgan fingerprint density at radius 2 is 1.95 bits per heavy atom. The minimum atomic E-state index is -1.36. The lowest BCUT2D eigenvalue weighted by atomic mass is 10.1. The fourth-order valence-corrected chi connectivity index (χ4v) is 1.83. The van der Waals surface area contributed by atoms with E-state index in [2.05, 4.69) is 0 Å². The molecule has 0 saturated carbocycles. The van der Waals surface area contributed by atoms with Crippen molar-refractivity contribution in [1.29, 1.82) is 0 Å². The first-order chi connectivity index (χ1) is 9.04. The first-order valence-corrected chi connectivity index (χ1v) is 5.66. The molecule has 0 bridgehead atoms. The molecule has 2 rings (SSSR count). The maximum atomic E-state index is 11.0. The van der Waals surface area contributed by atoms with Crippen LogP contribution in [0.1, 0.15) is 10.4 Å². The SMILES string of the molecule is O=C(O)c1ccccc1OC1O[C@H](CO)[C@@H](O)[C@H]1O. The molecule has 104 valence electrons. The predicted molar refractivity (Wildman–Crippen MR) is 61.8 cm³/mol. The summed E-state index contributed by atoms with van der Waals surface area (Å²) in [7, 11) is 0. The summed E-state index contributed by atoms with van der Waals surface area (Å²) >= 11 is 0. The minimum absolute atomic E-state index is 0.0184. The molecule has 0 aromatic heterocycles. The maximum absolute atomic E-state index is 11.0. The molecule has 1 saturated heterocycles. The summed E-state index contributed by atoms with van der Waals surface area (Å²) < 4.78 is 10.4. The topological polar surface area (TPSA) is 116 Å². The van der Waals surface area contributed by atoms with Crippen molar-refractivity contribution in [2.24, 2.45) is 0 Å². The van der Waals surface area contributed by atoms with E-state index < -0.39 is 37.2 Å². The molecule has 1 heterocycles. The monoisotopic (exact) mass is 270 g/mol. The van der Waals surface area contributed by atoms with Crippen molar-refractivity contribution in [3.05, 3.63) is 29.8 Å². The highest BCUT2D eigenvalue weighted by molar-refractivity contribution is 5.90. The van der Waals surface area contributed by atoms with Crippen LogP contribution in [0.3, 0.4) is 0 Å². The van der Waals surface area contributed by atoms with Gasteiger partial charge in [-0.05, 0) is 12.1 Å². The molecule has 0 spiro atoms. The number of ether oxygens (including phenoxy) is 2. The fraction of sp³-hybridized carbons (Fsp3) is 0.417. The van der Waals surface area contributed by atoms with E-state index in [4.69, 9.17) is 19.7 Å². The Labute approximate surface area is 108 Å². The zero-order valence-electron chi connectivity index (χ0n) is 9.84. The molecule has 0 amide bonds. The lowest BCUT2D eigenvalue weighted by Crippen LogP contribution is -2.35. The molecule has 1 aromatic carbocycles. The summed E-state index contributed by atoms with van der Waals surface area (Å²) in [5.74, 6) is -1.16. The van der Waals surface area contributed by atoms with Gasteiger partial charge >= 0.3 is 5.97 Å². The number of benzene rings is 1. The number of hydrogen-bond donors (Lipinski definition) is 4. The van der Waals surface area contributed by atoms with Gasteiger partial charge in [0.25, 0.3) is 0 Å². The maximum Gasteiger partial charge on any atom is 0.339 e. The van der Waals surface area contributed by atoms with E-state index in [0.29, 0.717) is 0 Å². The molecule has 1 aliphatic heterocycles. The fourth-order valence-electron chi connectivity index (χ4n) is 1.83. The first-order valence-electron chi connectivity index (χ1n) is 5.66. The molecule has 7 heteroatoms. The largest absolute Gasteiger partial charge is 0.478 e. The number of carboxylic acid groups (broad SMARTS) is 1. The Morgan fingerprint density at radius 1 is 1.26 bits per heavy atom. The van der Waals surface area contributed by atoms with Crippen LogP contribution in [0.2, 0.25) is 0 Å². The van der Waals surface area contributed by atoms with Gasteiger partial charge in [-0.25, -0.2) is 4.79 Å². The van der Waals surface area contributed by atoms with Crippen LogP contribution in [0, 0.1) is 0 Å². The van der Waals surface area contributed by atoms with Crippen molar-refractivity contribution in [1.82, 2.24) is 0 Å². The second kappa shape index (κ2) is 5.54. The van der Waals surface area contributed by atoms with Crippen molar-refractivity contribution in [3.63, 3.8) is 0 Å². The number of hydrogen-bond acceptors (Lipinski definition) is 6. The van der Waals surface area contributed by atoms with Gasteiger partial charge in [-0.1, -0.05) is 12.1 Å².